The Balaban J connectivity index is 1.86. The highest BCUT2D eigenvalue weighted by atomic mass is 35.5. The molecule has 0 radical (unpaired) electrons. The van der Waals surface area contributed by atoms with Gasteiger partial charge in [-0.15, -0.1) is 0 Å². The second kappa shape index (κ2) is 10.2. The average Bonchev–Trinajstić information content (AvgIpc) is 3.06. The molecule has 2 aromatic heterocycles. The van der Waals surface area contributed by atoms with E-state index in [0.29, 0.717) is 22.4 Å². The SMILES string of the molecule is Cc1cc(NC(=O)C(Cc2ccccc2)NC(=O)OC(C)(C)C)n(-c2ncc(Cl)cc2Cl)n1. The number of aromatic nitrogens is 3. The normalized spacial score (nSPS) is 12.2. The quantitative estimate of drug-likeness (QED) is 0.509. The van der Waals surface area contributed by atoms with E-state index in [1.807, 2.05) is 30.3 Å². The van der Waals surface area contributed by atoms with Crippen LogP contribution in [0.1, 0.15) is 32.0 Å². The van der Waals surface area contributed by atoms with E-state index in [1.165, 1.54) is 16.9 Å². The molecular weight excluding hydrogens is 465 g/mol. The third-order valence-electron chi connectivity index (χ3n) is 4.36. The first-order valence-corrected chi connectivity index (χ1v) is 11.0. The number of rotatable bonds is 6. The molecule has 1 unspecified atom stereocenters. The van der Waals surface area contributed by atoms with Crippen molar-refractivity contribution in [3.63, 3.8) is 0 Å². The van der Waals surface area contributed by atoms with Gasteiger partial charge in [0.1, 0.15) is 17.5 Å². The highest BCUT2D eigenvalue weighted by Crippen LogP contribution is 2.25. The number of nitrogens with one attached hydrogen (secondary N) is 2. The zero-order chi connectivity index (χ0) is 24.2. The van der Waals surface area contributed by atoms with E-state index in [2.05, 4.69) is 20.7 Å². The average molecular weight is 490 g/mol. The molecule has 1 aromatic carbocycles. The van der Waals surface area contributed by atoms with Crippen LogP contribution in [0.25, 0.3) is 5.82 Å². The van der Waals surface area contributed by atoms with Gasteiger partial charge in [0.25, 0.3) is 0 Å². The van der Waals surface area contributed by atoms with Gasteiger partial charge in [-0.05, 0) is 39.3 Å². The van der Waals surface area contributed by atoms with Crippen LogP contribution in [-0.4, -0.2) is 38.4 Å². The molecular formula is C23H25Cl2N5O3. The number of ether oxygens (including phenoxy) is 1. The number of benzene rings is 1. The van der Waals surface area contributed by atoms with Crippen molar-refractivity contribution in [2.24, 2.45) is 0 Å². The Morgan fingerprint density at radius 3 is 2.48 bits per heavy atom. The summed E-state index contributed by atoms with van der Waals surface area (Å²) in [6, 6.07) is 11.7. The second-order valence-electron chi connectivity index (χ2n) is 8.42. The lowest BCUT2D eigenvalue weighted by atomic mass is 10.1. The van der Waals surface area contributed by atoms with Crippen LogP contribution in [0, 0.1) is 6.92 Å². The molecule has 1 atom stereocenters. The lowest BCUT2D eigenvalue weighted by molar-refractivity contribution is -0.118. The van der Waals surface area contributed by atoms with Crippen LogP contribution < -0.4 is 10.6 Å². The Morgan fingerprint density at radius 1 is 1.15 bits per heavy atom. The third kappa shape index (κ3) is 6.94. The fourth-order valence-corrected chi connectivity index (χ4v) is 3.50. The monoisotopic (exact) mass is 489 g/mol. The molecule has 0 saturated carbocycles. The maximum atomic E-state index is 13.3. The molecule has 2 amide bonds. The van der Waals surface area contributed by atoms with E-state index >= 15 is 0 Å². The zero-order valence-electron chi connectivity index (χ0n) is 18.7. The molecule has 174 valence electrons. The number of hydrogen-bond donors (Lipinski definition) is 2. The van der Waals surface area contributed by atoms with E-state index in [-0.39, 0.29) is 11.4 Å². The minimum atomic E-state index is -0.903. The first kappa shape index (κ1) is 24.5. The lowest BCUT2D eigenvalue weighted by Crippen LogP contribution is -2.47. The molecule has 0 aliphatic carbocycles. The summed E-state index contributed by atoms with van der Waals surface area (Å²) in [6.07, 6.45) is 1.01. The van der Waals surface area contributed by atoms with E-state index < -0.39 is 23.6 Å². The van der Waals surface area contributed by atoms with E-state index in [0.717, 1.165) is 5.56 Å². The maximum Gasteiger partial charge on any atom is 0.408 e. The van der Waals surface area contributed by atoms with Gasteiger partial charge in [0, 0.05) is 18.7 Å². The van der Waals surface area contributed by atoms with E-state index in [9.17, 15) is 9.59 Å². The number of hydrogen-bond acceptors (Lipinski definition) is 5. The highest BCUT2D eigenvalue weighted by Gasteiger charge is 2.26. The minimum Gasteiger partial charge on any atom is -0.444 e. The minimum absolute atomic E-state index is 0.263. The number of alkyl carbamates (subject to hydrolysis) is 1. The number of halogens is 2. The Kier molecular flexibility index (Phi) is 7.61. The Morgan fingerprint density at radius 2 is 1.85 bits per heavy atom. The smallest absolute Gasteiger partial charge is 0.408 e. The van der Waals surface area contributed by atoms with Crippen molar-refractivity contribution in [2.75, 3.05) is 5.32 Å². The molecule has 33 heavy (non-hydrogen) atoms. The van der Waals surface area contributed by atoms with Gasteiger partial charge in [-0.1, -0.05) is 53.5 Å². The van der Waals surface area contributed by atoms with Gasteiger partial charge < -0.3 is 15.4 Å². The van der Waals surface area contributed by atoms with Gasteiger partial charge in [-0.2, -0.15) is 9.78 Å². The molecule has 0 spiro atoms. The van der Waals surface area contributed by atoms with Crippen molar-refractivity contribution in [1.82, 2.24) is 20.1 Å². The summed E-state index contributed by atoms with van der Waals surface area (Å²) >= 11 is 12.2. The van der Waals surface area contributed by atoms with Gasteiger partial charge in [0.15, 0.2) is 5.82 Å². The zero-order valence-corrected chi connectivity index (χ0v) is 20.2. The Labute approximate surface area is 202 Å². The predicted octanol–water partition coefficient (Wildman–Crippen LogP) is 4.96. The first-order chi connectivity index (χ1) is 15.5. The number of carbonyl (C=O) groups is 2. The molecule has 8 nitrogen and oxygen atoms in total. The molecule has 2 heterocycles. The van der Waals surface area contributed by atoms with Crippen molar-refractivity contribution in [3.8, 4) is 5.82 Å². The number of amides is 2. The summed E-state index contributed by atoms with van der Waals surface area (Å²) in [6.45, 7) is 7.03. The largest absolute Gasteiger partial charge is 0.444 e. The van der Waals surface area contributed by atoms with Crippen LogP contribution in [0.5, 0.6) is 0 Å². The van der Waals surface area contributed by atoms with Gasteiger partial charge >= 0.3 is 6.09 Å². The summed E-state index contributed by atoms with van der Waals surface area (Å²) in [4.78, 5) is 29.9. The number of aryl methyl sites for hydroxylation is 1. The molecule has 0 aliphatic heterocycles. The Hall–Kier alpha value is -3.10. The standard InChI is InChI=1S/C23H25Cl2N5O3/c1-14-10-19(30(29-14)20-17(25)12-16(24)13-26-20)28-21(31)18(11-15-8-6-5-7-9-15)27-22(32)33-23(2,3)4/h5-10,12-13,18H,11H2,1-4H3,(H,27,32)(H,28,31). The molecule has 0 saturated heterocycles. The summed E-state index contributed by atoms with van der Waals surface area (Å²) in [7, 11) is 0. The van der Waals surface area contributed by atoms with Crippen LogP contribution in [0.15, 0.2) is 48.7 Å². The molecule has 0 bridgehead atoms. The number of carbonyl (C=O) groups excluding carboxylic acids is 2. The van der Waals surface area contributed by atoms with Gasteiger partial charge in [0.2, 0.25) is 5.91 Å². The molecule has 2 N–H and O–H groups in total. The maximum absolute atomic E-state index is 13.3. The third-order valence-corrected chi connectivity index (χ3v) is 4.85. The molecule has 0 fully saturated rings. The number of nitrogens with zero attached hydrogens (tertiary/aromatic N) is 3. The van der Waals surface area contributed by atoms with Crippen molar-refractivity contribution in [1.29, 1.82) is 0 Å². The van der Waals surface area contributed by atoms with Crippen LogP contribution >= 0.6 is 23.2 Å². The van der Waals surface area contributed by atoms with Gasteiger partial charge in [-0.3, -0.25) is 4.79 Å². The molecule has 0 aliphatic rings. The molecule has 3 aromatic rings. The van der Waals surface area contributed by atoms with E-state index in [1.54, 1.807) is 33.8 Å². The summed E-state index contributed by atoms with van der Waals surface area (Å²) in [5, 5.41) is 10.5. The second-order valence-corrected chi connectivity index (χ2v) is 9.26. The first-order valence-electron chi connectivity index (χ1n) is 10.2. The van der Waals surface area contributed by atoms with Crippen molar-refractivity contribution < 1.29 is 14.3 Å². The summed E-state index contributed by atoms with van der Waals surface area (Å²) in [5.41, 5.74) is 0.809. The topological polar surface area (TPSA) is 98.1 Å². The lowest BCUT2D eigenvalue weighted by Gasteiger charge is -2.23. The molecule has 3 rings (SSSR count). The van der Waals surface area contributed by atoms with Gasteiger partial charge in [-0.25, -0.2) is 9.78 Å². The summed E-state index contributed by atoms with van der Waals surface area (Å²) in [5.74, 6) is 0.207. The molecule has 10 heteroatoms. The van der Waals surface area contributed by atoms with Crippen LogP contribution in [0.2, 0.25) is 10.0 Å². The Bertz CT molecular complexity index is 1140. The fourth-order valence-electron chi connectivity index (χ4n) is 3.04. The van der Waals surface area contributed by atoms with Gasteiger partial charge in [0.05, 0.1) is 15.7 Å². The van der Waals surface area contributed by atoms with Crippen LogP contribution in [0.3, 0.4) is 0 Å². The summed E-state index contributed by atoms with van der Waals surface area (Å²) < 4.78 is 6.76. The van der Waals surface area contributed by atoms with Crippen molar-refractivity contribution >= 4 is 41.0 Å². The number of anilines is 1. The van der Waals surface area contributed by atoms with Crippen LogP contribution in [0.4, 0.5) is 10.6 Å². The fraction of sp³-hybridized carbons (Fsp3) is 0.304. The number of pyridine rings is 1. The predicted molar refractivity (Wildman–Crippen MR) is 128 cm³/mol. The van der Waals surface area contributed by atoms with E-state index in [4.69, 9.17) is 27.9 Å². The van der Waals surface area contributed by atoms with Crippen molar-refractivity contribution in [2.45, 2.75) is 45.8 Å². The highest BCUT2D eigenvalue weighted by molar-refractivity contribution is 6.35. The van der Waals surface area contributed by atoms with Crippen LogP contribution in [-0.2, 0) is 16.0 Å². The van der Waals surface area contributed by atoms with Crippen molar-refractivity contribution in [3.05, 3.63) is 70.0 Å².